The van der Waals surface area contributed by atoms with E-state index >= 15 is 0 Å². The van der Waals surface area contributed by atoms with Gasteiger partial charge in [0.05, 0.1) is 18.8 Å². The second-order valence-corrected chi connectivity index (χ2v) is 5.02. The van der Waals surface area contributed by atoms with E-state index in [9.17, 15) is 24.9 Å². The van der Waals surface area contributed by atoms with Crippen LogP contribution in [0.4, 0.5) is 5.82 Å². The van der Waals surface area contributed by atoms with Crippen molar-refractivity contribution in [3.05, 3.63) is 22.2 Å². The largest absolute Gasteiger partial charge is 0.394 e. The number of nitrogens with two attached hydrogens (primary N) is 1. The molecule has 0 bridgehead atoms. The van der Waals surface area contributed by atoms with E-state index in [4.69, 9.17) is 20.7 Å². The Kier molecular flexibility index (Phi) is 5.09. The molecule has 2 unspecified atom stereocenters. The molecule has 1 aromatic heterocycles. The van der Waals surface area contributed by atoms with E-state index in [2.05, 4.69) is 4.98 Å². The van der Waals surface area contributed by atoms with Crippen LogP contribution in [0.2, 0.25) is 0 Å². The van der Waals surface area contributed by atoms with Gasteiger partial charge < -0.3 is 36.0 Å². The van der Waals surface area contributed by atoms with Gasteiger partial charge in [0, 0.05) is 6.20 Å². The van der Waals surface area contributed by atoms with Crippen LogP contribution in [-0.4, -0.2) is 78.5 Å². The minimum absolute atomic E-state index is 0.358. The predicted octanol–water partition coefficient (Wildman–Crippen LogP) is -4.03. The average Bonchev–Trinajstić information content (AvgIpc) is 2.81. The third kappa shape index (κ3) is 3.10. The first-order chi connectivity index (χ1) is 10.8. The quantitative estimate of drug-likeness (QED) is 0.290. The number of carbonyl (C=O) groups is 1. The van der Waals surface area contributed by atoms with Crippen molar-refractivity contribution in [2.75, 3.05) is 18.9 Å². The average molecular weight is 331 g/mol. The molecule has 7 N–H and O–H groups in total. The number of ether oxygens (including phenoxy) is 1. The Morgan fingerprint density at radius 2 is 2.04 bits per heavy atom. The van der Waals surface area contributed by atoms with E-state index in [0.29, 0.717) is 0 Å². The minimum atomic E-state index is -1.75. The van der Waals surface area contributed by atoms with Gasteiger partial charge >= 0.3 is 5.69 Å². The molecular formula is C12H17N3O8. The SMILES string of the molecule is Nc1nc(=O)n(C2O[C@H](CO)[C@@H](O)[C@H]2O)cc1C(=O)C(O)CO. The number of carbonyl (C=O) groups excluding carboxylic acids is 1. The van der Waals surface area contributed by atoms with Crippen molar-refractivity contribution in [3.63, 3.8) is 0 Å². The summed E-state index contributed by atoms with van der Waals surface area (Å²) in [6.07, 6.45) is -6.37. The Bertz CT molecular complexity index is 648. The number of hydrogen-bond acceptors (Lipinski definition) is 10. The normalized spacial score (nSPS) is 28.7. The summed E-state index contributed by atoms with van der Waals surface area (Å²) in [5.41, 5.74) is 4.14. The number of aromatic nitrogens is 2. The lowest BCUT2D eigenvalue weighted by molar-refractivity contribution is -0.0550. The summed E-state index contributed by atoms with van der Waals surface area (Å²) in [6.45, 7) is -1.45. The van der Waals surface area contributed by atoms with E-state index in [1.807, 2.05) is 0 Å². The van der Waals surface area contributed by atoms with E-state index < -0.39 is 61.1 Å². The molecule has 0 amide bonds. The zero-order chi connectivity index (χ0) is 17.3. The molecule has 0 radical (unpaired) electrons. The van der Waals surface area contributed by atoms with Crippen molar-refractivity contribution in [3.8, 4) is 0 Å². The molecule has 2 rings (SSSR count). The lowest BCUT2D eigenvalue weighted by Gasteiger charge is -2.18. The Balaban J connectivity index is 2.44. The number of ketones is 1. The molecule has 0 saturated carbocycles. The number of anilines is 1. The molecule has 0 spiro atoms. The highest BCUT2D eigenvalue weighted by molar-refractivity contribution is 6.02. The van der Waals surface area contributed by atoms with E-state index in [1.54, 1.807) is 0 Å². The fourth-order valence-electron chi connectivity index (χ4n) is 2.23. The van der Waals surface area contributed by atoms with Crippen molar-refractivity contribution >= 4 is 11.6 Å². The van der Waals surface area contributed by atoms with Crippen LogP contribution < -0.4 is 11.4 Å². The van der Waals surface area contributed by atoms with Crippen molar-refractivity contribution < 1.29 is 35.1 Å². The van der Waals surface area contributed by atoms with Crippen molar-refractivity contribution in [2.45, 2.75) is 30.6 Å². The third-order valence-electron chi connectivity index (χ3n) is 3.51. The molecule has 2 heterocycles. The molecule has 128 valence electrons. The monoisotopic (exact) mass is 331 g/mol. The molecule has 23 heavy (non-hydrogen) atoms. The molecule has 1 aliphatic rings. The first-order valence-electron chi connectivity index (χ1n) is 6.66. The minimum Gasteiger partial charge on any atom is -0.394 e. The highest BCUT2D eigenvalue weighted by atomic mass is 16.6. The lowest BCUT2D eigenvalue weighted by Crippen LogP contribution is -2.37. The van der Waals surface area contributed by atoms with Crippen LogP contribution in [0.5, 0.6) is 0 Å². The number of Topliss-reactive ketones (excluding diaryl/α,β-unsaturated/α-hetero) is 1. The highest BCUT2D eigenvalue weighted by Crippen LogP contribution is 2.28. The van der Waals surface area contributed by atoms with Gasteiger partial charge in [-0.2, -0.15) is 4.98 Å². The van der Waals surface area contributed by atoms with E-state index in [1.165, 1.54) is 0 Å². The Morgan fingerprint density at radius 3 is 2.57 bits per heavy atom. The first kappa shape index (κ1) is 17.5. The molecule has 0 aliphatic carbocycles. The summed E-state index contributed by atoms with van der Waals surface area (Å²) in [6, 6.07) is 0. The van der Waals surface area contributed by atoms with Crippen LogP contribution in [0, 0.1) is 0 Å². The molecule has 11 heteroatoms. The second kappa shape index (κ2) is 6.70. The van der Waals surface area contributed by atoms with Crippen LogP contribution in [0.3, 0.4) is 0 Å². The Labute approximate surface area is 129 Å². The summed E-state index contributed by atoms with van der Waals surface area (Å²) in [5, 5.41) is 46.9. The van der Waals surface area contributed by atoms with Gasteiger partial charge in [-0.05, 0) is 0 Å². The van der Waals surface area contributed by atoms with Crippen LogP contribution >= 0.6 is 0 Å². The van der Waals surface area contributed by atoms with Gasteiger partial charge in [-0.1, -0.05) is 0 Å². The topological polar surface area (TPSA) is 188 Å². The molecule has 1 saturated heterocycles. The smallest absolute Gasteiger partial charge is 0.351 e. The highest BCUT2D eigenvalue weighted by Gasteiger charge is 2.44. The maximum Gasteiger partial charge on any atom is 0.351 e. The van der Waals surface area contributed by atoms with Gasteiger partial charge in [-0.3, -0.25) is 9.36 Å². The molecule has 1 aromatic rings. The van der Waals surface area contributed by atoms with Crippen molar-refractivity contribution in [2.24, 2.45) is 0 Å². The van der Waals surface area contributed by atoms with Gasteiger partial charge in [-0.25, -0.2) is 4.79 Å². The van der Waals surface area contributed by atoms with E-state index in [-0.39, 0.29) is 5.56 Å². The number of aliphatic hydroxyl groups is 5. The fraction of sp³-hybridized carbons (Fsp3) is 0.583. The zero-order valence-corrected chi connectivity index (χ0v) is 11.8. The lowest BCUT2D eigenvalue weighted by atomic mass is 10.1. The van der Waals surface area contributed by atoms with Crippen molar-refractivity contribution in [1.29, 1.82) is 0 Å². The van der Waals surface area contributed by atoms with Crippen molar-refractivity contribution in [1.82, 2.24) is 9.55 Å². The molecule has 11 nitrogen and oxygen atoms in total. The Hall–Kier alpha value is -1.89. The molecule has 5 atom stereocenters. The summed E-state index contributed by atoms with van der Waals surface area (Å²) in [4.78, 5) is 27.2. The summed E-state index contributed by atoms with van der Waals surface area (Å²) < 4.78 is 5.89. The van der Waals surface area contributed by atoms with Gasteiger partial charge in [0.2, 0.25) is 0 Å². The molecule has 0 aromatic carbocycles. The summed E-state index contributed by atoms with van der Waals surface area (Å²) >= 11 is 0. The summed E-state index contributed by atoms with van der Waals surface area (Å²) in [5.74, 6) is -1.44. The van der Waals surface area contributed by atoms with Crippen LogP contribution in [-0.2, 0) is 4.74 Å². The molecular weight excluding hydrogens is 314 g/mol. The van der Waals surface area contributed by atoms with Gasteiger partial charge in [0.1, 0.15) is 30.2 Å². The van der Waals surface area contributed by atoms with E-state index in [0.717, 1.165) is 10.8 Å². The number of nitrogen functional groups attached to an aromatic ring is 1. The zero-order valence-electron chi connectivity index (χ0n) is 11.8. The van der Waals surface area contributed by atoms with Gasteiger partial charge in [-0.15, -0.1) is 0 Å². The number of aliphatic hydroxyl groups excluding tert-OH is 5. The number of hydrogen-bond donors (Lipinski definition) is 6. The van der Waals surface area contributed by atoms with Crippen LogP contribution in [0.25, 0.3) is 0 Å². The van der Waals surface area contributed by atoms with Crippen LogP contribution in [0.1, 0.15) is 16.6 Å². The van der Waals surface area contributed by atoms with Gasteiger partial charge in [0.25, 0.3) is 0 Å². The maximum absolute atomic E-state index is 11.9. The standard InChI is InChI=1S/C12H17N3O8/c13-10-4(7(19)5(18)2-16)1-15(12(22)14-10)11-9(21)8(20)6(3-17)23-11/h1,5-6,8-9,11,16-18,20-21H,2-3H2,(H2,13,14,22)/t5?,6-,8-,9-,11?/m1/s1. The molecule has 1 fully saturated rings. The second-order valence-electron chi connectivity index (χ2n) is 5.02. The maximum atomic E-state index is 11.9. The number of nitrogens with zero attached hydrogens (tertiary/aromatic N) is 2. The third-order valence-corrected chi connectivity index (χ3v) is 3.51. The van der Waals surface area contributed by atoms with Crippen LogP contribution in [0.15, 0.2) is 11.0 Å². The predicted molar refractivity (Wildman–Crippen MR) is 73.3 cm³/mol. The van der Waals surface area contributed by atoms with Gasteiger partial charge in [0.15, 0.2) is 12.0 Å². The Morgan fingerprint density at radius 1 is 1.39 bits per heavy atom. The summed E-state index contributed by atoms with van der Waals surface area (Å²) in [7, 11) is 0. The first-order valence-corrected chi connectivity index (χ1v) is 6.66. The fourth-order valence-corrected chi connectivity index (χ4v) is 2.23. The number of rotatable bonds is 5. The molecule has 1 aliphatic heterocycles.